The van der Waals surface area contributed by atoms with Gasteiger partial charge in [0, 0.05) is 13.0 Å². The number of carbonyl (C=O) groups is 3. The van der Waals surface area contributed by atoms with Gasteiger partial charge in [-0.05, 0) is 11.6 Å². The molecule has 5 heteroatoms. The van der Waals surface area contributed by atoms with E-state index in [1.54, 1.807) is 0 Å². The van der Waals surface area contributed by atoms with Crippen molar-refractivity contribution < 1.29 is 19.1 Å². The number of aldehydes is 1. The fourth-order valence-electron chi connectivity index (χ4n) is 1.84. The standard InChI is InChI=1S/C15H17NO4/c1-3-13(18)15(9-10-17,14(19)20-2)16-11-12-7-5-4-6-8-12/h3-8,10,16H,1,9,11H2,2H3/t15-/m0/s1. The molecule has 20 heavy (non-hydrogen) atoms. The molecule has 0 amide bonds. The molecule has 1 atom stereocenters. The minimum absolute atomic E-state index is 0.253. The van der Waals surface area contributed by atoms with Gasteiger partial charge in [-0.1, -0.05) is 36.9 Å². The Balaban J connectivity index is 3.02. The molecular formula is C15H17NO4. The van der Waals surface area contributed by atoms with Crippen LogP contribution in [0.25, 0.3) is 0 Å². The monoisotopic (exact) mass is 275 g/mol. The molecule has 0 radical (unpaired) electrons. The van der Waals surface area contributed by atoms with Crippen LogP contribution in [0.4, 0.5) is 0 Å². The summed E-state index contributed by atoms with van der Waals surface area (Å²) in [7, 11) is 1.17. The van der Waals surface area contributed by atoms with Crippen molar-refractivity contribution in [2.24, 2.45) is 0 Å². The highest BCUT2D eigenvalue weighted by atomic mass is 16.5. The maximum absolute atomic E-state index is 12.0. The van der Waals surface area contributed by atoms with E-state index in [4.69, 9.17) is 0 Å². The topological polar surface area (TPSA) is 72.5 Å². The van der Waals surface area contributed by atoms with Crippen molar-refractivity contribution >= 4 is 18.0 Å². The predicted molar refractivity (Wildman–Crippen MR) is 73.9 cm³/mol. The lowest BCUT2D eigenvalue weighted by molar-refractivity contribution is -0.153. The Hall–Kier alpha value is -2.27. The molecule has 1 aromatic carbocycles. The first-order valence-corrected chi connectivity index (χ1v) is 6.08. The normalized spacial score (nSPS) is 13.1. The molecule has 0 saturated carbocycles. The van der Waals surface area contributed by atoms with E-state index >= 15 is 0 Å². The lowest BCUT2D eigenvalue weighted by atomic mass is 9.90. The first kappa shape index (κ1) is 15.8. The molecule has 0 saturated heterocycles. The Kier molecular flexibility index (Phi) is 5.80. The number of benzene rings is 1. The van der Waals surface area contributed by atoms with Gasteiger partial charge in [0.2, 0.25) is 0 Å². The van der Waals surface area contributed by atoms with Crippen LogP contribution in [0.3, 0.4) is 0 Å². The Labute approximate surface area is 117 Å². The minimum atomic E-state index is -1.71. The average molecular weight is 275 g/mol. The van der Waals surface area contributed by atoms with Crippen molar-refractivity contribution in [3.63, 3.8) is 0 Å². The fourth-order valence-corrected chi connectivity index (χ4v) is 1.84. The molecule has 0 aliphatic heterocycles. The van der Waals surface area contributed by atoms with Gasteiger partial charge < -0.3 is 9.53 Å². The summed E-state index contributed by atoms with van der Waals surface area (Å²) in [6, 6.07) is 9.22. The van der Waals surface area contributed by atoms with Gasteiger partial charge in [-0.25, -0.2) is 4.79 Å². The van der Waals surface area contributed by atoms with E-state index in [9.17, 15) is 14.4 Å². The molecule has 0 bridgehead atoms. The number of hydrogen-bond donors (Lipinski definition) is 1. The van der Waals surface area contributed by atoms with Crippen LogP contribution in [-0.4, -0.2) is 30.7 Å². The van der Waals surface area contributed by atoms with E-state index in [1.807, 2.05) is 30.3 Å². The number of ketones is 1. The van der Waals surface area contributed by atoms with E-state index in [-0.39, 0.29) is 13.0 Å². The Morgan fingerprint density at radius 3 is 2.50 bits per heavy atom. The number of methoxy groups -OCH3 is 1. The number of nitrogens with one attached hydrogen (secondary N) is 1. The molecular weight excluding hydrogens is 258 g/mol. The van der Waals surface area contributed by atoms with Gasteiger partial charge in [0.05, 0.1) is 7.11 Å². The van der Waals surface area contributed by atoms with Gasteiger partial charge in [0.15, 0.2) is 11.3 Å². The Morgan fingerprint density at radius 2 is 2.00 bits per heavy atom. The number of ether oxygens (including phenoxy) is 1. The maximum atomic E-state index is 12.0. The average Bonchev–Trinajstić information content (AvgIpc) is 2.50. The molecule has 0 aliphatic carbocycles. The van der Waals surface area contributed by atoms with Gasteiger partial charge in [0.25, 0.3) is 0 Å². The Bertz CT molecular complexity index is 498. The summed E-state index contributed by atoms with van der Waals surface area (Å²) >= 11 is 0. The summed E-state index contributed by atoms with van der Waals surface area (Å²) in [6.07, 6.45) is 1.21. The van der Waals surface area contributed by atoms with E-state index in [0.717, 1.165) is 11.6 Å². The highest BCUT2D eigenvalue weighted by Crippen LogP contribution is 2.15. The van der Waals surface area contributed by atoms with Crippen LogP contribution in [0.5, 0.6) is 0 Å². The van der Waals surface area contributed by atoms with Gasteiger partial charge in [-0.15, -0.1) is 0 Å². The molecule has 0 aromatic heterocycles. The lowest BCUT2D eigenvalue weighted by Gasteiger charge is -2.27. The second kappa shape index (κ2) is 7.35. The smallest absolute Gasteiger partial charge is 0.334 e. The van der Waals surface area contributed by atoms with Crippen molar-refractivity contribution in [3.05, 3.63) is 48.6 Å². The van der Waals surface area contributed by atoms with Crippen molar-refractivity contribution in [1.29, 1.82) is 0 Å². The second-order valence-electron chi connectivity index (χ2n) is 4.18. The van der Waals surface area contributed by atoms with Gasteiger partial charge in [-0.2, -0.15) is 0 Å². The molecule has 0 unspecified atom stereocenters. The van der Waals surface area contributed by atoms with E-state index in [1.165, 1.54) is 7.11 Å². The zero-order chi connectivity index (χ0) is 15.0. The highest BCUT2D eigenvalue weighted by Gasteiger charge is 2.44. The molecule has 0 fully saturated rings. The largest absolute Gasteiger partial charge is 0.467 e. The second-order valence-corrected chi connectivity index (χ2v) is 4.18. The predicted octanol–water partition coefficient (Wildman–Crippen LogP) is 1.03. The third-order valence-corrected chi connectivity index (χ3v) is 2.97. The summed E-state index contributed by atoms with van der Waals surface area (Å²) in [5.41, 5.74) is -0.836. The summed E-state index contributed by atoms with van der Waals surface area (Å²) in [5, 5.41) is 2.83. The van der Waals surface area contributed by atoms with Gasteiger partial charge >= 0.3 is 5.97 Å². The molecule has 1 N–H and O–H groups in total. The molecule has 5 nitrogen and oxygen atoms in total. The first-order valence-electron chi connectivity index (χ1n) is 6.08. The molecule has 0 heterocycles. The number of esters is 1. The van der Waals surface area contributed by atoms with Crippen LogP contribution in [0.15, 0.2) is 43.0 Å². The molecule has 106 valence electrons. The number of hydrogen-bond acceptors (Lipinski definition) is 5. The van der Waals surface area contributed by atoms with Crippen LogP contribution in [0.1, 0.15) is 12.0 Å². The van der Waals surface area contributed by atoms with Crippen molar-refractivity contribution in [2.75, 3.05) is 7.11 Å². The SMILES string of the molecule is C=CC(=O)[C@](CC=O)(NCc1ccccc1)C(=O)OC. The summed E-state index contributed by atoms with van der Waals surface area (Å²) in [6.45, 7) is 3.62. The van der Waals surface area contributed by atoms with Crippen LogP contribution in [-0.2, 0) is 25.7 Å². The Morgan fingerprint density at radius 1 is 1.35 bits per heavy atom. The van der Waals surface area contributed by atoms with E-state index in [2.05, 4.69) is 16.6 Å². The fraction of sp³-hybridized carbons (Fsp3) is 0.267. The van der Waals surface area contributed by atoms with Crippen molar-refractivity contribution in [1.82, 2.24) is 5.32 Å². The zero-order valence-corrected chi connectivity index (χ0v) is 11.3. The van der Waals surface area contributed by atoms with Crippen LogP contribution in [0.2, 0.25) is 0 Å². The first-order chi connectivity index (χ1) is 9.60. The summed E-state index contributed by atoms with van der Waals surface area (Å²) in [5.74, 6) is -1.39. The maximum Gasteiger partial charge on any atom is 0.334 e. The zero-order valence-electron chi connectivity index (χ0n) is 11.3. The van der Waals surface area contributed by atoms with Gasteiger partial charge in [-0.3, -0.25) is 10.1 Å². The lowest BCUT2D eigenvalue weighted by Crippen LogP contribution is -2.58. The molecule has 1 rings (SSSR count). The summed E-state index contributed by atoms with van der Waals surface area (Å²) in [4.78, 5) is 34.8. The van der Waals surface area contributed by atoms with Crippen molar-refractivity contribution in [2.45, 2.75) is 18.5 Å². The van der Waals surface area contributed by atoms with E-state index in [0.29, 0.717) is 6.29 Å². The number of rotatable bonds is 8. The highest BCUT2D eigenvalue weighted by molar-refractivity contribution is 6.14. The number of carbonyl (C=O) groups excluding carboxylic acids is 3. The van der Waals surface area contributed by atoms with Gasteiger partial charge in [0.1, 0.15) is 6.29 Å². The van der Waals surface area contributed by atoms with Crippen molar-refractivity contribution in [3.8, 4) is 0 Å². The third kappa shape index (κ3) is 3.39. The quantitative estimate of drug-likeness (QED) is 0.332. The minimum Gasteiger partial charge on any atom is -0.467 e. The van der Waals surface area contributed by atoms with Crippen LogP contribution >= 0.6 is 0 Å². The summed E-state index contributed by atoms with van der Waals surface area (Å²) < 4.78 is 4.65. The molecule has 0 spiro atoms. The molecule has 0 aliphatic rings. The van der Waals surface area contributed by atoms with Crippen LogP contribution < -0.4 is 5.32 Å². The van der Waals surface area contributed by atoms with Crippen LogP contribution in [0, 0.1) is 0 Å². The third-order valence-electron chi connectivity index (χ3n) is 2.97. The van der Waals surface area contributed by atoms with E-state index < -0.39 is 17.3 Å². The molecule has 1 aromatic rings.